The van der Waals surface area contributed by atoms with Crippen LogP contribution in [0, 0.1) is 6.92 Å². The van der Waals surface area contributed by atoms with Gasteiger partial charge in [0.2, 0.25) is 17.8 Å². The van der Waals surface area contributed by atoms with Crippen molar-refractivity contribution in [3.63, 3.8) is 0 Å². The quantitative estimate of drug-likeness (QED) is 0.486. The van der Waals surface area contributed by atoms with Gasteiger partial charge >= 0.3 is 0 Å². The summed E-state index contributed by atoms with van der Waals surface area (Å²) in [5.41, 5.74) is 8.29. The van der Waals surface area contributed by atoms with E-state index in [0.29, 0.717) is 5.69 Å². The molecule has 8 nitrogen and oxygen atoms in total. The molecule has 0 aliphatic carbocycles. The van der Waals surface area contributed by atoms with Crippen molar-refractivity contribution in [1.82, 2.24) is 5.32 Å². The summed E-state index contributed by atoms with van der Waals surface area (Å²) in [6.45, 7) is 1.93. The van der Waals surface area contributed by atoms with Crippen LogP contribution in [0.3, 0.4) is 0 Å². The van der Waals surface area contributed by atoms with Crippen molar-refractivity contribution < 1.29 is 9.59 Å². The second-order valence-electron chi connectivity index (χ2n) is 6.07. The minimum absolute atomic E-state index is 0.0780. The van der Waals surface area contributed by atoms with Gasteiger partial charge in [-0.1, -0.05) is 30.3 Å². The molecule has 138 valence electrons. The van der Waals surface area contributed by atoms with Crippen molar-refractivity contribution >= 4 is 35.1 Å². The Labute approximate surface area is 156 Å². The predicted molar refractivity (Wildman–Crippen MR) is 105 cm³/mol. The number of carbonyl (C=O) groups excluding carboxylic acids is 2. The summed E-state index contributed by atoms with van der Waals surface area (Å²) >= 11 is 0. The summed E-state index contributed by atoms with van der Waals surface area (Å²) in [5, 5.41) is 8.17. The Bertz CT molecular complexity index is 907. The normalized spacial score (nSPS) is 16.5. The number of anilines is 2. The van der Waals surface area contributed by atoms with Crippen LogP contribution in [0.1, 0.15) is 12.0 Å². The Morgan fingerprint density at radius 2 is 1.89 bits per heavy atom. The van der Waals surface area contributed by atoms with Gasteiger partial charge in [0, 0.05) is 11.4 Å². The van der Waals surface area contributed by atoms with E-state index in [1.807, 2.05) is 55.5 Å². The number of nitrogens with zero attached hydrogens (tertiary/aromatic N) is 2. The molecule has 1 heterocycles. The molecule has 0 fully saturated rings. The molecule has 2 amide bonds. The molecule has 0 radical (unpaired) electrons. The van der Waals surface area contributed by atoms with Gasteiger partial charge in [0.1, 0.15) is 6.04 Å². The lowest BCUT2D eigenvalue weighted by molar-refractivity contribution is -0.123. The van der Waals surface area contributed by atoms with Gasteiger partial charge in [0.25, 0.3) is 5.91 Å². The highest BCUT2D eigenvalue weighted by atomic mass is 16.2. The van der Waals surface area contributed by atoms with E-state index in [9.17, 15) is 9.59 Å². The number of rotatable bonds is 4. The van der Waals surface area contributed by atoms with Crippen LogP contribution in [-0.4, -0.2) is 29.8 Å². The molecule has 0 saturated heterocycles. The van der Waals surface area contributed by atoms with E-state index >= 15 is 0 Å². The van der Waals surface area contributed by atoms with Crippen molar-refractivity contribution in [2.24, 2.45) is 15.7 Å². The van der Waals surface area contributed by atoms with Gasteiger partial charge in [0.05, 0.1) is 6.42 Å². The molecular formula is C19H20N6O2. The zero-order valence-electron chi connectivity index (χ0n) is 14.8. The SMILES string of the molecule is Cc1cccc(NC(=O)C[C@@H]2N=C(N=C(N)Nc3ccccc3)NC2=O)c1. The van der Waals surface area contributed by atoms with Crippen molar-refractivity contribution in [3.05, 3.63) is 60.2 Å². The third-order valence-corrected chi connectivity index (χ3v) is 3.77. The first-order chi connectivity index (χ1) is 13.0. The van der Waals surface area contributed by atoms with Gasteiger partial charge in [-0.25, -0.2) is 4.99 Å². The maximum absolute atomic E-state index is 12.2. The summed E-state index contributed by atoms with van der Waals surface area (Å²) < 4.78 is 0. The Morgan fingerprint density at radius 3 is 2.63 bits per heavy atom. The topological polar surface area (TPSA) is 121 Å². The number of benzene rings is 2. The number of nitrogens with one attached hydrogen (secondary N) is 3. The highest BCUT2D eigenvalue weighted by Gasteiger charge is 2.28. The van der Waals surface area contributed by atoms with E-state index in [4.69, 9.17) is 5.73 Å². The van der Waals surface area contributed by atoms with Crippen molar-refractivity contribution in [2.45, 2.75) is 19.4 Å². The zero-order valence-corrected chi connectivity index (χ0v) is 14.8. The lowest BCUT2D eigenvalue weighted by Crippen LogP contribution is -2.32. The van der Waals surface area contributed by atoms with Crippen molar-refractivity contribution in [2.75, 3.05) is 10.6 Å². The Kier molecular flexibility index (Phi) is 5.46. The second-order valence-corrected chi connectivity index (χ2v) is 6.07. The first-order valence-electron chi connectivity index (χ1n) is 8.41. The second kappa shape index (κ2) is 8.13. The minimum Gasteiger partial charge on any atom is -0.369 e. The van der Waals surface area contributed by atoms with Crippen LogP contribution in [-0.2, 0) is 9.59 Å². The van der Waals surface area contributed by atoms with Crippen LogP contribution in [0.15, 0.2) is 64.6 Å². The maximum Gasteiger partial charge on any atom is 0.252 e. The number of hydrogen-bond acceptors (Lipinski definition) is 4. The summed E-state index contributed by atoms with van der Waals surface area (Å²) in [7, 11) is 0. The van der Waals surface area contributed by atoms with E-state index < -0.39 is 6.04 Å². The third-order valence-electron chi connectivity index (χ3n) is 3.77. The Balaban J connectivity index is 1.60. The number of nitrogens with two attached hydrogens (primary N) is 1. The third kappa shape index (κ3) is 5.15. The van der Waals surface area contributed by atoms with Gasteiger partial charge in [-0.15, -0.1) is 0 Å². The van der Waals surface area contributed by atoms with Gasteiger partial charge in [-0.3, -0.25) is 14.9 Å². The van der Waals surface area contributed by atoms with Crippen molar-refractivity contribution in [1.29, 1.82) is 0 Å². The number of aliphatic imine (C=N–C) groups is 2. The molecule has 0 aromatic heterocycles. The molecular weight excluding hydrogens is 344 g/mol. The molecule has 0 saturated carbocycles. The minimum atomic E-state index is -0.835. The molecule has 27 heavy (non-hydrogen) atoms. The average Bonchev–Trinajstić information content (AvgIpc) is 2.94. The molecule has 3 rings (SSSR count). The zero-order chi connectivity index (χ0) is 19.2. The fourth-order valence-electron chi connectivity index (χ4n) is 2.55. The van der Waals surface area contributed by atoms with E-state index in [1.54, 1.807) is 6.07 Å². The lowest BCUT2D eigenvalue weighted by atomic mass is 10.2. The fraction of sp³-hybridized carbons (Fsp3) is 0.158. The van der Waals surface area contributed by atoms with Crippen LogP contribution in [0.2, 0.25) is 0 Å². The Morgan fingerprint density at radius 1 is 1.15 bits per heavy atom. The smallest absolute Gasteiger partial charge is 0.252 e. The van der Waals surface area contributed by atoms with E-state index in [2.05, 4.69) is 25.9 Å². The molecule has 2 aromatic rings. The molecule has 1 aliphatic rings. The summed E-state index contributed by atoms with van der Waals surface area (Å²) in [5.74, 6) is -0.523. The van der Waals surface area contributed by atoms with Crippen LogP contribution in [0.4, 0.5) is 11.4 Å². The number of para-hydroxylation sites is 1. The van der Waals surface area contributed by atoms with Gasteiger partial charge in [-0.05, 0) is 36.8 Å². The predicted octanol–water partition coefficient (Wildman–Crippen LogP) is 1.60. The molecule has 5 N–H and O–H groups in total. The number of amides is 2. The van der Waals surface area contributed by atoms with E-state index in [-0.39, 0.29) is 30.2 Å². The van der Waals surface area contributed by atoms with E-state index in [1.165, 1.54) is 0 Å². The van der Waals surface area contributed by atoms with Gasteiger partial charge in [-0.2, -0.15) is 4.99 Å². The fourth-order valence-corrected chi connectivity index (χ4v) is 2.55. The van der Waals surface area contributed by atoms with Gasteiger partial charge in [0.15, 0.2) is 0 Å². The van der Waals surface area contributed by atoms with Crippen LogP contribution < -0.4 is 21.7 Å². The summed E-state index contributed by atoms with van der Waals surface area (Å²) in [6, 6.07) is 15.8. The summed E-state index contributed by atoms with van der Waals surface area (Å²) in [6.07, 6.45) is -0.0786. The highest BCUT2D eigenvalue weighted by Crippen LogP contribution is 2.12. The molecule has 0 unspecified atom stereocenters. The standard InChI is InChI=1S/C19H20N6O2/c1-12-6-5-9-14(10-12)21-16(26)11-15-17(27)24-19(23-15)25-18(20)22-13-7-3-2-4-8-13/h2-10,15H,11H2,1H3,(H,21,26)(H4,20,22,23,24,25,27)/t15-/m0/s1. The van der Waals surface area contributed by atoms with Crippen molar-refractivity contribution in [3.8, 4) is 0 Å². The molecule has 1 atom stereocenters. The largest absolute Gasteiger partial charge is 0.369 e. The van der Waals surface area contributed by atoms with Crippen LogP contribution >= 0.6 is 0 Å². The average molecular weight is 364 g/mol. The monoisotopic (exact) mass is 364 g/mol. The maximum atomic E-state index is 12.2. The highest BCUT2D eigenvalue weighted by molar-refractivity contribution is 6.11. The first kappa shape index (κ1) is 18.1. The Hall–Kier alpha value is -3.68. The number of aryl methyl sites for hydroxylation is 1. The lowest BCUT2D eigenvalue weighted by Gasteiger charge is -2.07. The van der Waals surface area contributed by atoms with E-state index in [0.717, 1.165) is 11.3 Å². The number of guanidine groups is 2. The molecule has 1 aliphatic heterocycles. The molecule has 0 spiro atoms. The summed E-state index contributed by atoms with van der Waals surface area (Å²) in [4.78, 5) is 32.4. The number of hydrogen-bond donors (Lipinski definition) is 4. The van der Waals surface area contributed by atoms with Crippen LogP contribution in [0.25, 0.3) is 0 Å². The van der Waals surface area contributed by atoms with Gasteiger partial charge < -0.3 is 16.4 Å². The molecule has 2 aromatic carbocycles. The first-order valence-corrected chi connectivity index (χ1v) is 8.41. The molecule has 0 bridgehead atoms. The number of carbonyl (C=O) groups is 2. The van der Waals surface area contributed by atoms with Crippen LogP contribution in [0.5, 0.6) is 0 Å². The molecule has 8 heteroatoms.